The minimum atomic E-state index is -2.44. The van der Waals surface area contributed by atoms with Gasteiger partial charge in [-0.2, -0.15) is 0 Å². The molecule has 0 aromatic rings. The second-order valence-electron chi connectivity index (χ2n) is 4.75. The van der Waals surface area contributed by atoms with Crippen LogP contribution in [0.4, 0.5) is 8.78 Å². The summed E-state index contributed by atoms with van der Waals surface area (Å²) in [6.45, 7) is 4.73. The van der Waals surface area contributed by atoms with Crippen molar-refractivity contribution in [2.75, 3.05) is 19.6 Å². The van der Waals surface area contributed by atoms with Gasteiger partial charge in [0, 0.05) is 18.5 Å². The van der Waals surface area contributed by atoms with Gasteiger partial charge in [-0.3, -0.25) is 4.79 Å². The molecule has 1 rings (SSSR count). The van der Waals surface area contributed by atoms with E-state index in [1.165, 1.54) is 4.90 Å². The average Bonchev–Trinajstić information content (AvgIpc) is 2.27. The molecule has 0 radical (unpaired) electrons. The highest BCUT2D eigenvalue weighted by Gasteiger charge is 2.29. The fraction of sp³-hybridized carbons (Fsp3) is 0.917. The molecule has 0 bridgehead atoms. The van der Waals surface area contributed by atoms with Crippen LogP contribution >= 0.6 is 0 Å². The van der Waals surface area contributed by atoms with E-state index < -0.39 is 13.0 Å². The molecule has 0 spiro atoms. The van der Waals surface area contributed by atoms with Crippen molar-refractivity contribution in [1.82, 2.24) is 10.2 Å². The van der Waals surface area contributed by atoms with Crippen molar-refractivity contribution >= 4 is 5.91 Å². The molecule has 2 atom stereocenters. The van der Waals surface area contributed by atoms with E-state index in [0.717, 1.165) is 25.8 Å². The molecule has 0 aliphatic carbocycles. The molecule has 1 heterocycles. The molecule has 1 fully saturated rings. The number of carbonyl (C=O) groups excluding carboxylic acids is 1. The predicted molar refractivity (Wildman–Crippen MR) is 63.1 cm³/mol. The molecule has 100 valence electrons. The number of nitrogens with one attached hydrogen (secondary N) is 1. The van der Waals surface area contributed by atoms with Crippen molar-refractivity contribution in [3.05, 3.63) is 0 Å². The third kappa shape index (κ3) is 4.58. The number of amides is 1. The highest BCUT2D eigenvalue weighted by atomic mass is 19.3. The van der Waals surface area contributed by atoms with Crippen molar-refractivity contribution in [1.29, 1.82) is 0 Å². The average molecular weight is 248 g/mol. The maximum atomic E-state index is 12.4. The molecule has 1 aliphatic heterocycles. The van der Waals surface area contributed by atoms with Crippen molar-refractivity contribution in [2.45, 2.75) is 45.6 Å². The molecule has 3 nitrogen and oxygen atoms in total. The summed E-state index contributed by atoms with van der Waals surface area (Å²) in [7, 11) is 0. The van der Waals surface area contributed by atoms with Gasteiger partial charge >= 0.3 is 0 Å². The van der Waals surface area contributed by atoms with Gasteiger partial charge in [-0.1, -0.05) is 6.92 Å². The van der Waals surface area contributed by atoms with Crippen LogP contribution in [0.3, 0.4) is 0 Å². The van der Waals surface area contributed by atoms with Crippen LogP contribution < -0.4 is 5.32 Å². The lowest BCUT2D eigenvalue weighted by Crippen LogP contribution is -2.45. The Labute approximate surface area is 102 Å². The lowest BCUT2D eigenvalue weighted by molar-refractivity contribution is -0.138. The summed E-state index contributed by atoms with van der Waals surface area (Å²) in [5.41, 5.74) is 0. The van der Waals surface area contributed by atoms with E-state index in [1.807, 2.05) is 13.8 Å². The van der Waals surface area contributed by atoms with Gasteiger partial charge in [-0.15, -0.1) is 0 Å². The standard InChI is InChI=1S/C12H22F2N2O/c1-3-6-16(8-11(13)14)12(17)10-4-5-15-9(2)7-10/h9-11,15H,3-8H2,1-2H3/t9-,10-/m0/s1. The molecule has 5 heteroatoms. The van der Waals surface area contributed by atoms with Gasteiger partial charge in [0.1, 0.15) is 0 Å². The van der Waals surface area contributed by atoms with E-state index in [0.29, 0.717) is 12.6 Å². The molecule has 0 unspecified atom stereocenters. The monoisotopic (exact) mass is 248 g/mol. The molecule has 0 saturated carbocycles. The van der Waals surface area contributed by atoms with Crippen molar-refractivity contribution in [2.24, 2.45) is 5.92 Å². The molecule has 1 N–H and O–H groups in total. The smallest absolute Gasteiger partial charge is 0.255 e. The lowest BCUT2D eigenvalue weighted by atomic mass is 9.92. The second-order valence-corrected chi connectivity index (χ2v) is 4.75. The van der Waals surface area contributed by atoms with Gasteiger partial charge in [0.25, 0.3) is 6.43 Å². The third-order valence-electron chi connectivity index (χ3n) is 3.14. The zero-order valence-electron chi connectivity index (χ0n) is 10.6. The Morgan fingerprint density at radius 2 is 2.24 bits per heavy atom. The Morgan fingerprint density at radius 3 is 2.76 bits per heavy atom. The van der Waals surface area contributed by atoms with Gasteiger partial charge in [-0.05, 0) is 32.7 Å². The van der Waals surface area contributed by atoms with Crippen LogP contribution in [-0.4, -0.2) is 42.9 Å². The number of hydrogen-bond donors (Lipinski definition) is 1. The first-order valence-electron chi connectivity index (χ1n) is 6.34. The van der Waals surface area contributed by atoms with E-state index in [1.54, 1.807) is 0 Å². The van der Waals surface area contributed by atoms with Crippen molar-refractivity contribution in [3.8, 4) is 0 Å². The minimum absolute atomic E-state index is 0.0865. The Kier molecular flexibility index (Phi) is 5.82. The van der Waals surface area contributed by atoms with Crippen LogP contribution in [0.2, 0.25) is 0 Å². The number of nitrogens with zero attached hydrogens (tertiary/aromatic N) is 1. The molecular weight excluding hydrogens is 226 g/mol. The molecular formula is C12H22F2N2O. The summed E-state index contributed by atoms with van der Waals surface area (Å²) in [5.74, 6) is -0.183. The maximum Gasteiger partial charge on any atom is 0.255 e. The Balaban J connectivity index is 2.56. The largest absolute Gasteiger partial charge is 0.337 e. The van der Waals surface area contributed by atoms with Crippen molar-refractivity contribution in [3.63, 3.8) is 0 Å². The summed E-state index contributed by atoms with van der Waals surface area (Å²) in [5, 5.41) is 3.26. The Bertz CT molecular complexity index is 249. The number of piperidine rings is 1. The normalized spacial score (nSPS) is 25.0. The first-order valence-corrected chi connectivity index (χ1v) is 6.34. The van der Waals surface area contributed by atoms with Gasteiger partial charge in [0.2, 0.25) is 5.91 Å². The van der Waals surface area contributed by atoms with Crippen LogP contribution in [0.15, 0.2) is 0 Å². The molecule has 17 heavy (non-hydrogen) atoms. The fourth-order valence-corrected chi connectivity index (χ4v) is 2.34. The van der Waals surface area contributed by atoms with Crippen molar-refractivity contribution < 1.29 is 13.6 Å². The van der Waals surface area contributed by atoms with Crippen LogP contribution in [0.25, 0.3) is 0 Å². The van der Waals surface area contributed by atoms with Gasteiger partial charge in [0.15, 0.2) is 0 Å². The Morgan fingerprint density at radius 1 is 1.53 bits per heavy atom. The van der Waals surface area contributed by atoms with Crippen LogP contribution in [0, 0.1) is 5.92 Å². The Hall–Kier alpha value is -0.710. The van der Waals surface area contributed by atoms with Crippen LogP contribution in [0.5, 0.6) is 0 Å². The number of rotatable bonds is 5. The van der Waals surface area contributed by atoms with Crippen LogP contribution in [0.1, 0.15) is 33.1 Å². The maximum absolute atomic E-state index is 12.4. The highest BCUT2D eigenvalue weighted by Crippen LogP contribution is 2.19. The van der Waals surface area contributed by atoms with E-state index in [-0.39, 0.29) is 11.8 Å². The zero-order valence-corrected chi connectivity index (χ0v) is 10.6. The van der Waals surface area contributed by atoms with E-state index in [2.05, 4.69) is 5.32 Å². The summed E-state index contributed by atoms with van der Waals surface area (Å²) in [6, 6.07) is 0.299. The third-order valence-corrected chi connectivity index (χ3v) is 3.14. The fourth-order valence-electron chi connectivity index (χ4n) is 2.34. The number of carbonyl (C=O) groups is 1. The predicted octanol–water partition coefficient (Wildman–Crippen LogP) is 1.88. The number of alkyl halides is 2. The van der Waals surface area contributed by atoms with Crippen LogP contribution in [-0.2, 0) is 4.79 Å². The van der Waals surface area contributed by atoms with Gasteiger partial charge in [-0.25, -0.2) is 8.78 Å². The van der Waals surface area contributed by atoms with E-state index in [4.69, 9.17) is 0 Å². The lowest BCUT2D eigenvalue weighted by Gasteiger charge is -2.32. The minimum Gasteiger partial charge on any atom is -0.337 e. The highest BCUT2D eigenvalue weighted by molar-refractivity contribution is 5.79. The van der Waals surface area contributed by atoms with Gasteiger partial charge in [0.05, 0.1) is 6.54 Å². The molecule has 1 saturated heterocycles. The first kappa shape index (κ1) is 14.4. The SMILES string of the molecule is CCCN(CC(F)F)C(=O)[C@H]1CCN[C@@H](C)C1. The summed E-state index contributed by atoms with van der Waals surface area (Å²) >= 11 is 0. The van der Waals surface area contributed by atoms with Gasteiger partial charge < -0.3 is 10.2 Å². The number of hydrogen-bond acceptors (Lipinski definition) is 2. The summed E-state index contributed by atoms with van der Waals surface area (Å²) in [4.78, 5) is 13.5. The molecule has 1 aliphatic rings. The summed E-state index contributed by atoms with van der Waals surface area (Å²) < 4.78 is 24.8. The summed E-state index contributed by atoms with van der Waals surface area (Å²) in [6.07, 6.45) is -0.210. The van der Waals surface area contributed by atoms with E-state index >= 15 is 0 Å². The molecule has 1 amide bonds. The zero-order chi connectivity index (χ0) is 12.8. The molecule has 0 aromatic heterocycles. The second kappa shape index (κ2) is 6.89. The quantitative estimate of drug-likeness (QED) is 0.805. The van der Waals surface area contributed by atoms with E-state index in [9.17, 15) is 13.6 Å². The first-order chi connectivity index (χ1) is 8.04. The topological polar surface area (TPSA) is 32.3 Å². The number of halogens is 2. The molecule has 0 aromatic carbocycles.